The number of benzene rings is 2. The van der Waals surface area contributed by atoms with Crippen LogP contribution < -0.4 is 4.90 Å². The Labute approximate surface area is 170 Å². The molecule has 0 bridgehead atoms. The van der Waals surface area contributed by atoms with Gasteiger partial charge in [0.2, 0.25) is 0 Å². The fourth-order valence-corrected chi connectivity index (χ4v) is 3.63. The normalized spacial score (nSPS) is 12.5. The molecule has 1 aliphatic rings. The molecule has 2 amide bonds. The van der Waals surface area contributed by atoms with E-state index in [4.69, 9.17) is 0 Å². The van der Waals surface area contributed by atoms with Gasteiger partial charge in [0.15, 0.2) is 0 Å². The molecule has 2 heterocycles. The number of rotatable bonds is 5. The summed E-state index contributed by atoms with van der Waals surface area (Å²) in [6, 6.07) is 18.9. The molecule has 0 atom stereocenters. The number of hydrogen-bond donors (Lipinski definition) is 0. The summed E-state index contributed by atoms with van der Waals surface area (Å²) in [6.07, 6.45) is 5.16. The average Bonchev–Trinajstić information content (AvgIpc) is 3.21. The number of amides is 2. The Hall–Kier alpha value is -3.47. The van der Waals surface area contributed by atoms with Crippen LogP contribution in [0, 0.1) is 0 Å². The Morgan fingerprint density at radius 2 is 1.66 bits per heavy atom. The van der Waals surface area contributed by atoms with Crippen LogP contribution in [-0.4, -0.2) is 41.8 Å². The molecule has 29 heavy (non-hydrogen) atoms. The van der Waals surface area contributed by atoms with Crippen LogP contribution in [0.25, 0.3) is 0 Å². The van der Waals surface area contributed by atoms with Crippen LogP contribution in [0.2, 0.25) is 0 Å². The van der Waals surface area contributed by atoms with Crippen molar-refractivity contribution in [2.75, 3.05) is 25.0 Å². The number of anilines is 1. The molecule has 0 N–H and O–H groups in total. The summed E-state index contributed by atoms with van der Waals surface area (Å²) in [5, 5.41) is 0. The van der Waals surface area contributed by atoms with Gasteiger partial charge in [-0.3, -0.25) is 14.6 Å². The zero-order chi connectivity index (χ0) is 20.2. The molecule has 146 valence electrons. The van der Waals surface area contributed by atoms with E-state index in [1.54, 1.807) is 48.6 Å². The molecular weight excluding hydrogens is 362 g/mol. The Bertz CT molecular complexity index is 1020. The van der Waals surface area contributed by atoms with Gasteiger partial charge in [-0.25, -0.2) is 0 Å². The number of nitrogens with zero attached hydrogens (tertiary/aromatic N) is 3. The van der Waals surface area contributed by atoms with Crippen molar-refractivity contribution in [2.24, 2.45) is 0 Å². The maximum atomic E-state index is 12.9. The molecule has 0 radical (unpaired) electrons. The van der Waals surface area contributed by atoms with Gasteiger partial charge >= 0.3 is 0 Å². The van der Waals surface area contributed by atoms with Crippen molar-refractivity contribution in [3.05, 3.63) is 95.3 Å². The Balaban J connectivity index is 1.41. The lowest BCUT2D eigenvalue weighted by Crippen LogP contribution is -2.30. The average molecular weight is 385 g/mol. The van der Waals surface area contributed by atoms with Gasteiger partial charge in [-0.05, 0) is 66.4 Å². The zero-order valence-electron chi connectivity index (χ0n) is 16.4. The first kappa shape index (κ1) is 18.9. The Morgan fingerprint density at radius 1 is 0.966 bits per heavy atom. The molecule has 1 aliphatic heterocycles. The van der Waals surface area contributed by atoms with Crippen LogP contribution in [0.3, 0.4) is 0 Å². The maximum absolute atomic E-state index is 12.9. The van der Waals surface area contributed by atoms with Crippen molar-refractivity contribution in [1.82, 2.24) is 9.88 Å². The topological polar surface area (TPSA) is 53.5 Å². The van der Waals surface area contributed by atoms with Crippen LogP contribution in [0.5, 0.6) is 0 Å². The molecule has 0 aliphatic carbocycles. The lowest BCUT2D eigenvalue weighted by molar-refractivity contribution is 0.0796. The van der Waals surface area contributed by atoms with E-state index in [1.165, 1.54) is 5.56 Å². The smallest absolute Gasteiger partial charge is 0.258 e. The minimum Gasteiger partial charge on any atom is -0.341 e. The van der Waals surface area contributed by atoms with Crippen molar-refractivity contribution in [2.45, 2.75) is 12.8 Å². The van der Waals surface area contributed by atoms with E-state index in [9.17, 15) is 9.59 Å². The SMILES string of the molecule is CN(CCc1ccncc1)C(=O)c1ccc(C(=O)N2CCc3ccccc32)cc1. The number of likely N-dealkylation sites (N-methyl/N-ethyl adjacent to an activating group) is 1. The van der Waals surface area contributed by atoms with Crippen molar-refractivity contribution >= 4 is 17.5 Å². The van der Waals surface area contributed by atoms with Gasteiger partial charge in [-0.2, -0.15) is 0 Å². The number of para-hydroxylation sites is 1. The largest absolute Gasteiger partial charge is 0.341 e. The highest BCUT2D eigenvalue weighted by Gasteiger charge is 2.25. The second-order valence-corrected chi connectivity index (χ2v) is 7.25. The summed E-state index contributed by atoms with van der Waals surface area (Å²) in [5.74, 6) is -0.0791. The summed E-state index contributed by atoms with van der Waals surface area (Å²) in [6.45, 7) is 1.31. The minimum absolute atomic E-state index is 0.0278. The third-order valence-corrected chi connectivity index (χ3v) is 5.34. The number of pyridine rings is 1. The van der Waals surface area contributed by atoms with Gasteiger partial charge in [0, 0.05) is 49.3 Å². The van der Waals surface area contributed by atoms with Crippen molar-refractivity contribution in [1.29, 1.82) is 0 Å². The highest BCUT2D eigenvalue weighted by atomic mass is 16.2. The van der Waals surface area contributed by atoms with E-state index in [0.29, 0.717) is 24.2 Å². The van der Waals surface area contributed by atoms with Gasteiger partial charge in [-0.15, -0.1) is 0 Å². The first-order valence-corrected chi connectivity index (χ1v) is 9.77. The molecule has 0 spiro atoms. The maximum Gasteiger partial charge on any atom is 0.258 e. The lowest BCUT2D eigenvalue weighted by atomic mass is 10.1. The fourth-order valence-electron chi connectivity index (χ4n) is 3.63. The molecule has 3 aromatic rings. The quantitative estimate of drug-likeness (QED) is 0.674. The highest BCUT2D eigenvalue weighted by molar-refractivity contribution is 6.07. The van der Waals surface area contributed by atoms with E-state index in [2.05, 4.69) is 11.1 Å². The second kappa shape index (κ2) is 8.27. The van der Waals surface area contributed by atoms with Gasteiger partial charge in [0.25, 0.3) is 11.8 Å². The third kappa shape index (κ3) is 4.04. The second-order valence-electron chi connectivity index (χ2n) is 7.25. The Kier molecular flexibility index (Phi) is 5.38. The molecule has 0 saturated heterocycles. The van der Waals surface area contributed by atoms with E-state index in [1.807, 2.05) is 35.2 Å². The van der Waals surface area contributed by atoms with Crippen LogP contribution in [0.15, 0.2) is 73.1 Å². The zero-order valence-corrected chi connectivity index (χ0v) is 16.4. The van der Waals surface area contributed by atoms with E-state index < -0.39 is 0 Å². The third-order valence-electron chi connectivity index (χ3n) is 5.34. The van der Waals surface area contributed by atoms with E-state index in [-0.39, 0.29) is 11.8 Å². The van der Waals surface area contributed by atoms with E-state index >= 15 is 0 Å². The summed E-state index contributed by atoms with van der Waals surface area (Å²) in [4.78, 5) is 33.1. The van der Waals surface area contributed by atoms with E-state index in [0.717, 1.165) is 24.1 Å². The fraction of sp³-hybridized carbons (Fsp3) is 0.208. The summed E-state index contributed by atoms with van der Waals surface area (Å²) in [5.41, 5.74) is 4.50. The van der Waals surface area contributed by atoms with Crippen molar-refractivity contribution < 1.29 is 9.59 Å². The van der Waals surface area contributed by atoms with Crippen LogP contribution in [-0.2, 0) is 12.8 Å². The van der Waals surface area contributed by atoms with Crippen molar-refractivity contribution in [3.63, 3.8) is 0 Å². The number of aromatic nitrogens is 1. The highest BCUT2D eigenvalue weighted by Crippen LogP contribution is 2.28. The molecule has 5 nitrogen and oxygen atoms in total. The minimum atomic E-state index is -0.0513. The molecule has 5 heteroatoms. The molecule has 0 fully saturated rings. The predicted molar refractivity (Wildman–Crippen MR) is 113 cm³/mol. The van der Waals surface area contributed by atoms with Crippen LogP contribution >= 0.6 is 0 Å². The monoisotopic (exact) mass is 385 g/mol. The number of carbonyl (C=O) groups excluding carboxylic acids is 2. The number of hydrogen-bond acceptors (Lipinski definition) is 3. The van der Waals surface area contributed by atoms with Gasteiger partial charge in [0.1, 0.15) is 0 Å². The van der Waals surface area contributed by atoms with Crippen LogP contribution in [0.4, 0.5) is 5.69 Å². The van der Waals surface area contributed by atoms with Gasteiger partial charge in [-0.1, -0.05) is 18.2 Å². The standard InChI is InChI=1S/C24H23N3O2/c1-26(16-12-18-10-14-25-15-11-18)23(28)20-6-8-21(9-7-20)24(29)27-17-13-19-4-2-3-5-22(19)27/h2-11,14-15H,12-13,16-17H2,1H3. The molecule has 0 saturated carbocycles. The summed E-state index contributed by atoms with van der Waals surface area (Å²) >= 11 is 0. The molecule has 2 aromatic carbocycles. The molecular formula is C24H23N3O2. The Morgan fingerprint density at radius 3 is 2.41 bits per heavy atom. The van der Waals surface area contributed by atoms with Crippen LogP contribution in [0.1, 0.15) is 31.8 Å². The summed E-state index contributed by atoms with van der Waals surface area (Å²) < 4.78 is 0. The summed E-state index contributed by atoms with van der Waals surface area (Å²) in [7, 11) is 1.80. The van der Waals surface area contributed by atoms with Crippen molar-refractivity contribution in [3.8, 4) is 0 Å². The molecule has 0 unspecified atom stereocenters. The number of fused-ring (bicyclic) bond motifs is 1. The predicted octanol–water partition coefficient (Wildman–Crippen LogP) is 3.60. The first-order chi connectivity index (χ1) is 14.1. The van der Waals surface area contributed by atoms with Gasteiger partial charge in [0.05, 0.1) is 0 Å². The molecule has 4 rings (SSSR count). The number of carbonyl (C=O) groups is 2. The first-order valence-electron chi connectivity index (χ1n) is 9.77. The van der Waals surface area contributed by atoms with Gasteiger partial charge < -0.3 is 9.80 Å². The molecule has 1 aromatic heterocycles. The lowest BCUT2D eigenvalue weighted by Gasteiger charge is -2.19.